The van der Waals surface area contributed by atoms with Crippen LogP contribution in [0.4, 0.5) is 10.1 Å². The lowest BCUT2D eigenvalue weighted by Gasteiger charge is -2.09. The molecule has 0 fully saturated rings. The van der Waals surface area contributed by atoms with E-state index in [1.807, 2.05) is 31.2 Å². The molecule has 0 unspecified atom stereocenters. The van der Waals surface area contributed by atoms with Gasteiger partial charge in [-0.15, -0.1) is 5.10 Å². The standard InChI is InChI=1S/C18H16FN5O2/c1-10-3-5-13(6-4-10)24-9-16(22-23-24)18(26)21-15-8-12(17(20)25)7-14(19)11(15)2/h3-9H,1-2H3,(H2,20,25)(H,21,26). The predicted octanol–water partition coefficient (Wildman–Crippen LogP) is 2.37. The second-order valence-electron chi connectivity index (χ2n) is 5.83. The molecule has 26 heavy (non-hydrogen) atoms. The van der Waals surface area contributed by atoms with Crippen LogP contribution in [0.25, 0.3) is 5.69 Å². The lowest BCUT2D eigenvalue weighted by molar-refractivity contribution is 0.0995. The summed E-state index contributed by atoms with van der Waals surface area (Å²) in [7, 11) is 0. The van der Waals surface area contributed by atoms with Crippen molar-refractivity contribution in [3.63, 3.8) is 0 Å². The number of hydrogen-bond acceptors (Lipinski definition) is 4. The largest absolute Gasteiger partial charge is 0.366 e. The molecule has 0 spiro atoms. The van der Waals surface area contributed by atoms with Gasteiger partial charge in [0.1, 0.15) is 5.82 Å². The number of carbonyl (C=O) groups excluding carboxylic acids is 2. The van der Waals surface area contributed by atoms with Crippen molar-refractivity contribution in [3.05, 3.63) is 70.8 Å². The highest BCUT2D eigenvalue weighted by atomic mass is 19.1. The van der Waals surface area contributed by atoms with Crippen molar-refractivity contribution in [1.29, 1.82) is 0 Å². The number of nitrogens with one attached hydrogen (secondary N) is 1. The average molecular weight is 353 g/mol. The Balaban J connectivity index is 1.85. The van der Waals surface area contributed by atoms with E-state index in [1.54, 1.807) is 0 Å². The van der Waals surface area contributed by atoms with E-state index in [9.17, 15) is 14.0 Å². The number of benzene rings is 2. The molecular weight excluding hydrogens is 337 g/mol. The van der Waals surface area contributed by atoms with E-state index in [0.717, 1.165) is 17.3 Å². The molecule has 7 nitrogen and oxygen atoms in total. The molecule has 1 aromatic heterocycles. The second kappa shape index (κ2) is 6.75. The molecule has 0 saturated heterocycles. The van der Waals surface area contributed by atoms with E-state index in [4.69, 9.17) is 5.73 Å². The zero-order valence-electron chi connectivity index (χ0n) is 14.2. The highest BCUT2D eigenvalue weighted by Gasteiger charge is 2.16. The van der Waals surface area contributed by atoms with Crippen molar-refractivity contribution in [2.24, 2.45) is 5.73 Å². The van der Waals surface area contributed by atoms with Crippen LogP contribution in [0, 0.1) is 19.7 Å². The maximum Gasteiger partial charge on any atom is 0.277 e. The van der Waals surface area contributed by atoms with Gasteiger partial charge in [0.2, 0.25) is 5.91 Å². The van der Waals surface area contributed by atoms with E-state index >= 15 is 0 Å². The number of primary amides is 1. The summed E-state index contributed by atoms with van der Waals surface area (Å²) in [5.74, 6) is -2.00. The molecule has 2 amide bonds. The number of aryl methyl sites for hydroxylation is 1. The van der Waals surface area contributed by atoms with Gasteiger partial charge in [-0.2, -0.15) is 0 Å². The zero-order chi connectivity index (χ0) is 18.8. The summed E-state index contributed by atoms with van der Waals surface area (Å²) in [6.07, 6.45) is 1.46. The molecule has 0 aliphatic heterocycles. The van der Waals surface area contributed by atoms with Gasteiger partial charge in [-0.1, -0.05) is 22.9 Å². The van der Waals surface area contributed by atoms with Gasteiger partial charge in [-0.05, 0) is 38.1 Å². The maximum atomic E-state index is 13.9. The van der Waals surface area contributed by atoms with Crippen LogP contribution in [-0.2, 0) is 0 Å². The van der Waals surface area contributed by atoms with Crippen LogP contribution in [0.15, 0.2) is 42.6 Å². The number of rotatable bonds is 4. The number of hydrogen-bond donors (Lipinski definition) is 2. The molecule has 132 valence electrons. The topological polar surface area (TPSA) is 103 Å². The first-order valence-electron chi connectivity index (χ1n) is 7.76. The Kier molecular flexibility index (Phi) is 4.49. The van der Waals surface area contributed by atoms with Crippen molar-refractivity contribution in [3.8, 4) is 5.69 Å². The highest BCUT2D eigenvalue weighted by Crippen LogP contribution is 2.21. The van der Waals surface area contributed by atoms with E-state index in [2.05, 4.69) is 15.6 Å². The molecule has 3 aromatic rings. The van der Waals surface area contributed by atoms with Crippen LogP contribution in [0.5, 0.6) is 0 Å². The molecule has 0 saturated carbocycles. The minimum atomic E-state index is -0.787. The quantitative estimate of drug-likeness (QED) is 0.751. The first-order chi connectivity index (χ1) is 12.3. The van der Waals surface area contributed by atoms with E-state index < -0.39 is 17.6 Å². The van der Waals surface area contributed by atoms with Crippen molar-refractivity contribution in [1.82, 2.24) is 15.0 Å². The summed E-state index contributed by atoms with van der Waals surface area (Å²) in [6, 6.07) is 9.88. The fourth-order valence-electron chi connectivity index (χ4n) is 2.33. The lowest BCUT2D eigenvalue weighted by Crippen LogP contribution is -2.16. The minimum Gasteiger partial charge on any atom is -0.366 e. The van der Waals surface area contributed by atoms with Crippen molar-refractivity contribution >= 4 is 17.5 Å². The molecule has 0 bridgehead atoms. The SMILES string of the molecule is Cc1ccc(-n2cc(C(=O)Nc3cc(C(N)=O)cc(F)c3C)nn2)cc1. The third kappa shape index (κ3) is 3.44. The Bertz CT molecular complexity index is 995. The number of aromatic nitrogens is 3. The van der Waals surface area contributed by atoms with Crippen LogP contribution < -0.4 is 11.1 Å². The van der Waals surface area contributed by atoms with Crippen molar-refractivity contribution in [2.45, 2.75) is 13.8 Å². The number of amides is 2. The smallest absolute Gasteiger partial charge is 0.277 e. The summed E-state index contributed by atoms with van der Waals surface area (Å²) in [4.78, 5) is 23.7. The maximum absolute atomic E-state index is 13.9. The van der Waals surface area contributed by atoms with Gasteiger partial charge in [0.25, 0.3) is 5.91 Å². The van der Waals surface area contributed by atoms with Gasteiger partial charge < -0.3 is 11.1 Å². The van der Waals surface area contributed by atoms with Crippen molar-refractivity contribution < 1.29 is 14.0 Å². The number of nitrogens with zero attached hydrogens (tertiary/aromatic N) is 3. The van der Waals surface area contributed by atoms with E-state index in [-0.39, 0.29) is 22.5 Å². The Morgan fingerprint density at radius 2 is 1.85 bits per heavy atom. The lowest BCUT2D eigenvalue weighted by atomic mass is 10.1. The van der Waals surface area contributed by atoms with Gasteiger partial charge in [-0.25, -0.2) is 9.07 Å². The Morgan fingerprint density at radius 1 is 1.15 bits per heavy atom. The van der Waals surface area contributed by atoms with Crippen LogP contribution in [0.1, 0.15) is 32.0 Å². The van der Waals surface area contributed by atoms with E-state index in [1.165, 1.54) is 23.9 Å². The van der Waals surface area contributed by atoms with Crippen molar-refractivity contribution in [2.75, 3.05) is 5.32 Å². The number of halogens is 1. The van der Waals surface area contributed by atoms with Gasteiger partial charge in [0, 0.05) is 16.8 Å². The number of anilines is 1. The summed E-state index contributed by atoms with van der Waals surface area (Å²) < 4.78 is 15.4. The van der Waals surface area contributed by atoms with Gasteiger partial charge in [-0.3, -0.25) is 9.59 Å². The minimum absolute atomic E-state index is 0.0355. The van der Waals surface area contributed by atoms with Gasteiger partial charge in [0.05, 0.1) is 11.9 Å². The third-order valence-electron chi connectivity index (χ3n) is 3.90. The Morgan fingerprint density at radius 3 is 2.50 bits per heavy atom. The first-order valence-corrected chi connectivity index (χ1v) is 7.76. The fraction of sp³-hybridized carbons (Fsp3) is 0.111. The molecule has 8 heteroatoms. The monoisotopic (exact) mass is 353 g/mol. The highest BCUT2D eigenvalue weighted by molar-refractivity contribution is 6.04. The van der Waals surface area contributed by atoms with Crippen LogP contribution in [0.2, 0.25) is 0 Å². The molecule has 1 heterocycles. The summed E-state index contributed by atoms with van der Waals surface area (Å²) in [5, 5.41) is 10.3. The molecule has 0 aliphatic carbocycles. The third-order valence-corrected chi connectivity index (χ3v) is 3.90. The Labute approximate surface area is 148 Å². The number of nitrogens with two attached hydrogens (primary N) is 1. The molecule has 0 atom stereocenters. The van der Waals surface area contributed by atoms with Gasteiger partial charge in [0.15, 0.2) is 5.69 Å². The number of carbonyl (C=O) groups is 2. The Hall–Kier alpha value is -3.55. The molecular formula is C18H16FN5O2. The zero-order valence-corrected chi connectivity index (χ0v) is 14.2. The molecule has 0 aliphatic rings. The van der Waals surface area contributed by atoms with Crippen LogP contribution >= 0.6 is 0 Å². The molecule has 3 rings (SSSR count). The summed E-state index contributed by atoms with van der Waals surface area (Å²) >= 11 is 0. The molecule has 0 radical (unpaired) electrons. The first kappa shape index (κ1) is 17.3. The van der Waals surface area contributed by atoms with Crippen LogP contribution in [-0.4, -0.2) is 26.8 Å². The normalized spacial score (nSPS) is 10.6. The van der Waals surface area contributed by atoms with Crippen LogP contribution in [0.3, 0.4) is 0 Å². The van der Waals surface area contributed by atoms with Gasteiger partial charge >= 0.3 is 0 Å². The molecule has 2 aromatic carbocycles. The summed E-state index contributed by atoms with van der Waals surface area (Å²) in [6.45, 7) is 3.45. The van der Waals surface area contributed by atoms with E-state index in [0.29, 0.717) is 0 Å². The molecule has 3 N–H and O–H groups in total. The average Bonchev–Trinajstić information content (AvgIpc) is 3.09. The summed E-state index contributed by atoms with van der Waals surface area (Å²) in [5.41, 5.74) is 7.38. The fourth-order valence-corrected chi connectivity index (χ4v) is 2.33. The second-order valence-corrected chi connectivity index (χ2v) is 5.83. The predicted molar refractivity (Wildman–Crippen MR) is 93.7 cm³/mol.